The first-order valence-corrected chi connectivity index (χ1v) is 4.35. The molecule has 1 atom stereocenters. The Morgan fingerprint density at radius 3 is 2.67 bits per heavy atom. The predicted molar refractivity (Wildman–Crippen MR) is 50.5 cm³/mol. The molecule has 4 heteroatoms. The van der Waals surface area contributed by atoms with E-state index in [0.29, 0.717) is 5.84 Å². The van der Waals surface area contributed by atoms with E-state index >= 15 is 0 Å². The van der Waals surface area contributed by atoms with Crippen molar-refractivity contribution in [2.24, 2.45) is 0 Å². The van der Waals surface area contributed by atoms with Gasteiger partial charge in [-0.3, -0.25) is 10.3 Å². The third kappa shape index (κ3) is 1.95. The van der Waals surface area contributed by atoms with Gasteiger partial charge in [0.25, 0.3) is 0 Å². The van der Waals surface area contributed by atoms with Crippen LogP contribution in [0.15, 0.2) is 0 Å². The van der Waals surface area contributed by atoms with Crippen LogP contribution in [-0.2, 0) is 0 Å². The maximum absolute atomic E-state index is 7.75. The number of amidine groups is 1. The van der Waals surface area contributed by atoms with E-state index < -0.39 is 0 Å². The second kappa shape index (κ2) is 3.87. The molecule has 0 saturated carbocycles. The minimum absolute atomic E-state index is 0.284. The van der Waals surface area contributed by atoms with Crippen LogP contribution in [0.5, 0.6) is 0 Å². The lowest BCUT2D eigenvalue weighted by molar-refractivity contribution is 0.211. The van der Waals surface area contributed by atoms with Crippen molar-refractivity contribution in [1.82, 2.24) is 15.1 Å². The number of nitrogens with one attached hydrogen (secondary N) is 2. The summed E-state index contributed by atoms with van der Waals surface area (Å²) in [6.45, 7) is 4.86. The Balaban J connectivity index is 2.50. The summed E-state index contributed by atoms with van der Waals surface area (Å²) in [6.07, 6.45) is 0.284. The smallest absolute Gasteiger partial charge is 0.112 e. The number of hydrogen-bond acceptors (Lipinski definition) is 3. The summed E-state index contributed by atoms with van der Waals surface area (Å²) in [6, 6.07) is 0. The van der Waals surface area contributed by atoms with Gasteiger partial charge in [-0.25, -0.2) is 0 Å². The van der Waals surface area contributed by atoms with Gasteiger partial charge in [-0.1, -0.05) is 0 Å². The van der Waals surface area contributed by atoms with Crippen LogP contribution in [0.3, 0.4) is 0 Å². The molecule has 12 heavy (non-hydrogen) atoms. The van der Waals surface area contributed by atoms with Crippen LogP contribution in [-0.4, -0.2) is 55.5 Å². The van der Waals surface area contributed by atoms with Gasteiger partial charge in [-0.05, 0) is 21.0 Å². The Hall–Kier alpha value is -0.610. The van der Waals surface area contributed by atoms with Crippen molar-refractivity contribution in [3.05, 3.63) is 0 Å². The van der Waals surface area contributed by atoms with Crippen LogP contribution in [0.2, 0.25) is 0 Å². The van der Waals surface area contributed by atoms with Crippen LogP contribution < -0.4 is 5.32 Å². The van der Waals surface area contributed by atoms with E-state index in [4.69, 9.17) is 5.41 Å². The zero-order valence-corrected chi connectivity index (χ0v) is 8.09. The lowest BCUT2D eigenvalue weighted by atomic mass is 10.3. The molecule has 0 aromatic rings. The highest BCUT2D eigenvalue weighted by Gasteiger charge is 2.21. The maximum Gasteiger partial charge on any atom is 0.112 e. The standard InChI is InChI=1S/C8H18N4/c1-7(10-2)12-5-4-11(3)6-8(12)9/h7,9-10H,4-6H2,1-3H3. The molecule has 4 nitrogen and oxygen atoms in total. The second-order valence-electron chi connectivity index (χ2n) is 3.34. The van der Waals surface area contributed by atoms with Gasteiger partial charge in [0.15, 0.2) is 0 Å². The molecule has 1 rings (SSSR count). The molecule has 0 spiro atoms. The molecule has 1 heterocycles. The van der Waals surface area contributed by atoms with E-state index in [2.05, 4.69) is 29.1 Å². The molecule has 0 radical (unpaired) electrons. The highest BCUT2D eigenvalue weighted by Crippen LogP contribution is 2.03. The molecule has 1 fully saturated rings. The van der Waals surface area contributed by atoms with Crippen LogP contribution >= 0.6 is 0 Å². The van der Waals surface area contributed by atoms with Crippen LogP contribution in [0, 0.1) is 5.41 Å². The summed E-state index contributed by atoms with van der Waals surface area (Å²) in [5.74, 6) is 0.714. The normalized spacial score (nSPS) is 22.9. The fourth-order valence-electron chi connectivity index (χ4n) is 1.42. The van der Waals surface area contributed by atoms with E-state index in [1.165, 1.54) is 0 Å². The zero-order valence-electron chi connectivity index (χ0n) is 8.09. The Labute approximate surface area is 74.0 Å². The quantitative estimate of drug-likeness (QED) is 0.602. The highest BCUT2D eigenvalue weighted by molar-refractivity contribution is 5.82. The average Bonchev–Trinajstić information content (AvgIpc) is 2.03. The predicted octanol–water partition coefficient (Wildman–Crippen LogP) is -0.224. The van der Waals surface area contributed by atoms with Gasteiger partial charge in [0.2, 0.25) is 0 Å². The molecule has 1 aliphatic heterocycles. The number of hydrogen-bond donors (Lipinski definition) is 2. The van der Waals surface area contributed by atoms with Crippen molar-refractivity contribution in [2.75, 3.05) is 33.7 Å². The molecule has 0 aliphatic carbocycles. The third-order valence-corrected chi connectivity index (χ3v) is 2.37. The topological polar surface area (TPSA) is 42.4 Å². The highest BCUT2D eigenvalue weighted by atomic mass is 15.3. The van der Waals surface area contributed by atoms with Crippen LogP contribution in [0.4, 0.5) is 0 Å². The van der Waals surface area contributed by atoms with Gasteiger partial charge in [0.05, 0.1) is 12.7 Å². The van der Waals surface area contributed by atoms with Crippen molar-refractivity contribution < 1.29 is 0 Å². The monoisotopic (exact) mass is 170 g/mol. The van der Waals surface area contributed by atoms with Crippen molar-refractivity contribution in [2.45, 2.75) is 13.1 Å². The molecular formula is C8H18N4. The zero-order chi connectivity index (χ0) is 9.14. The molecular weight excluding hydrogens is 152 g/mol. The maximum atomic E-state index is 7.75. The molecule has 0 amide bonds. The molecule has 1 saturated heterocycles. The van der Waals surface area contributed by atoms with Crippen molar-refractivity contribution in [3.63, 3.8) is 0 Å². The molecule has 70 valence electrons. The minimum Gasteiger partial charge on any atom is -0.343 e. The van der Waals surface area contributed by atoms with Gasteiger partial charge < -0.3 is 10.2 Å². The first-order chi connectivity index (χ1) is 5.65. The Morgan fingerprint density at radius 2 is 2.17 bits per heavy atom. The summed E-state index contributed by atoms with van der Waals surface area (Å²) >= 11 is 0. The average molecular weight is 170 g/mol. The van der Waals surface area contributed by atoms with Crippen molar-refractivity contribution in [3.8, 4) is 0 Å². The number of piperazine rings is 1. The van der Waals surface area contributed by atoms with E-state index in [1.54, 1.807) is 0 Å². The fourth-order valence-corrected chi connectivity index (χ4v) is 1.42. The van der Waals surface area contributed by atoms with Crippen LogP contribution in [0.1, 0.15) is 6.92 Å². The van der Waals surface area contributed by atoms with Gasteiger partial charge in [0, 0.05) is 13.1 Å². The molecule has 0 bridgehead atoms. The second-order valence-corrected chi connectivity index (χ2v) is 3.34. The summed E-state index contributed by atoms with van der Waals surface area (Å²) in [4.78, 5) is 4.27. The minimum atomic E-state index is 0.284. The summed E-state index contributed by atoms with van der Waals surface area (Å²) in [5.41, 5.74) is 0. The SMILES string of the molecule is CNC(C)N1CCN(C)CC1=N. The van der Waals surface area contributed by atoms with Crippen molar-refractivity contribution >= 4 is 5.84 Å². The Kier molecular flexibility index (Phi) is 3.05. The first-order valence-electron chi connectivity index (χ1n) is 4.35. The number of nitrogens with zero attached hydrogens (tertiary/aromatic N) is 2. The lowest BCUT2D eigenvalue weighted by Crippen LogP contribution is -2.55. The summed E-state index contributed by atoms with van der Waals surface area (Å²) < 4.78 is 0. The Bertz CT molecular complexity index is 168. The van der Waals surface area contributed by atoms with E-state index in [9.17, 15) is 0 Å². The van der Waals surface area contributed by atoms with E-state index in [0.717, 1.165) is 19.6 Å². The molecule has 1 unspecified atom stereocenters. The van der Waals surface area contributed by atoms with Gasteiger partial charge in [-0.2, -0.15) is 0 Å². The third-order valence-electron chi connectivity index (χ3n) is 2.37. The van der Waals surface area contributed by atoms with Gasteiger partial charge in [0.1, 0.15) is 5.84 Å². The Morgan fingerprint density at radius 1 is 1.50 bits per heavy atom. The van der Waals surface area contributed by atoms with Crippen molar-refractivity contribution in [1.29, 1.82) is 5.41 Å². The first kappa shape index (κ1) is 9.48. The molecule has 0 aromatic heterocycles. The largest absolute Gasteiger partial charge is 0.343 e. The molecule has 0 aromatic carbocycles. The summed E-state index contributed by atoms with van der Waals surface area (Å²) in [7, 11) is 3.98. The fraction of sp³-hybridized carbons (Fsp3) is 0.875. The van der Waals surface area contributed by atoms with Gasteiger partial charge >= 0.3 is 0 Å². The number of rotatable bonds is 2. The molecule has 1 aliphatic rings. The number of likely N-dealkylation sites (N-methyl/N-ethyl adjacent to an activating group) is 1. The van der Waals surface area contributed by atoms with Gasteiger partial charge in [-0.15, -0.1) is 0 Å². The van der Waals surface area contributed by atoms with Crippen LogP contribution in [0.25, 0.3) is 0 Å². The summed E-state index contributed by atoms with van der Waals surface area (Å²) in [5, 5.41) is 10.9. The van der Waals surface area contributed by atoms with E-state index in [-0.39, 0.29) is 6.17 Å². The van der Waals surface area contributed by atoms with E-state index in [1.807, 2.05) is 7.05 Å². The lowest BCUT2D eigenvalue weighted by Gasteiger charge is -2.38. The molecule has 2 N–H and O–H groups in total.